The van der Waals surface area contributed by atoms with Gasteiger partial charge in [-0.2, -0.15) is 0 Å². The minimum absolute atomic E-state index is 0.211. The molecule has 2 rings (SSSR count). The second kappa shape index (κ2) is 8.14. The Bertz CT molecular complexity index is 327. The highest BCUT2D eigenvalue weighted by Crippen LogP contribution is 2.26. The number of piperidine rings is 1. The summed E-state index contributed by atoms with van der Waals surface area (Å²) >= 11 is 0. The lowest BCUT2D eigenvalue weighted by molar-refractivity contribution is -0.122. The molecule has 0 aliphatic carbocycles. The highest BCUT2D eigenvalue weighted by Gasteiger charge is 2.31. The number of amides is 1. The highest BCUT2D eigenvalue weighted by molar-refractivity contribution is 5.76. The maximum atomic E-state index is 12.2. The molecular formula is C17H32N2O2. The zero-order valence-corrected chi connectivity index (χ0v) is 13.9. The predicted octanol–water partition coefficient (Wildman–Crippen LogP) is 2.19. The molecule has 0 aromatic carbocycles. The largest absolute Gasteiger partial charge is 0.378 e. The van der Waals surface area contributed by atoms with E-state index >= 15 is 0 Å². The second-order valence-corrected chi connectivity index (χ2v) is 7.22. The van der Waals surface area contributed by atoms with Crippen LogP contribution < -0.4 is 10.6 Å². The van der Waals surface area contributed by atoms with Crippen molar-refractivity contribution in [3.05, 3.63) is 0 Å². The molecule has 2 heterocycles. The van der Waals surface area contributed by atoms with Crippen LogP contribution in [0.1, 0.15) is 46.5 Å². The summed E-state index contributed by atoms with van der Waals surface area (Å²) in [7, 11) is 0. The topological polar surface area (TPSA) is 50.4 Å². The van der Waals surface area contributed by atoms with E-state index in [0.717, 1.165) is 32.7 Å². The minimum atomic E-state index is 0.211. The number of nitrogens with one attached hydrogen (secondary N) is 2. The van der Waals surface area contributed by atoms with E-state index in [1.807, 2.05) is 0 Å². The van der Waals surface area contributed by atoms with Gasteiger partial charge in [-0.15, -0.1) is 0 Å². The fourth-order valence-electron chi connectivity index (χ4n) is 3.75. The molecule has 4 atom stereocenters. The van der Waals surface area contributed by atoms with Gasteiger partial charge in [0.1, 0.15) is 0 Å². The number of hydrogen-bond acceptors (Lipinski definition) is 3. The third kappa shape index (κ3) is 4.96. The van der Waals surface area contributed by atoms with E-state index in [-0.39, 0.29) is 5.91 Å². The van der Waals surface area contributed by atoms with Crippen LogP contribution in [0.25, 0.3) is 0 Å². The molecule has 4 heteroatoms. The predicted molar refractivity (Wildman–Crippen MR) is 85.1 cm³/mol. The number of carbonyl (C=O) groups is 1. The van der Waals surface area contributed by atoms with E-state index in [1.54, 1.807) is 0 Å². The molecule has 0 aromatic heterocycles. The van der Waals surface area contributed by atoms with Gasteiger partial charge in [0.15, 0.2) is 0 Å². The Hall–Kier alpha value is -0.610. The van der Waals surface area contributed by atoms with Crippen molar-refractivity contribution in [1.29, 1.82) is 0 Å². The van der Waals surface area contributed by atoms with Gasteiger partial charge < -0.3 is 15.4 Å². The third-order valence-corrected chi connectivity index (χ3v) is 5.13. The van der Waals surface area contributed by atoms with Crippen LogP contribution in [-0.2, 0) is 9.53 Å². The van der Waals surface area contributed by atoms with Gasteiger partial charge in [0, 0.05) is 25.5 Å². The first-order valence-electron chi connectivity index (χ1n) is 8.67. The van der Waals surface area contributed by atoms with Gasteiger partial charge in [-0.25, -0.2) is 0 Å². The Morgan fingerprint density at radius 2 is 2.14 bits per heavy atom. The molecule has 4 nitrogen and oxygen atoms in total. The van der Waals surface area contributed by atoms with Crippen LogP contribution in [0.15, 0.2) is 0 Å². The van der Waals surface area contributed by atoms with Crippen LogP contribution in [0.5, 0.6) is 0 Å². The molecule has 0 radical (unpaired) electrons. The zero-order valence-electron chi connectivity index (χ0n) is 13.9. The van der Waals surface area contributed by atoms with Crippen molar-refractivity contribution in [2.24, 2.45) is 23.7 Å². The van der Waals surface area contributed by atoms with Crippen LogP contribution in [0.4, 0.5) is 0 Å². The van der Waals surface area contributed by atoms with Crippen molar-refractivity contribution >= 4 is 5.91 Å². The van der Waals surface area contributed by atoms with Gasteiger partial charge in [0.05, 0.1) is 6.10 Å². The first-order chi connectivity index (χ1) is 10.1. The Balaban J connectivity index is 1.69. The average molecular weight is 296 g/mol. The maximum absolute atomic E-state index is 12.2. The summed E-state index contributed by atoms with van der Waals surface area (Å²) < 4.78 is 5.78. The molecule has 2 fully saturated rings. The quantitative estimate of drug-likeness (QED) is 0.790. The first-order valence-corrected chi connectivity index (χ1v) is 8.67. The minimum Gasteiger partial charge on any atom is -0.378 e. The van der Waals surface area contributed by atoms with Crippen molar-refractivity contribution in [3.63, 3.8) is 0 Å². The molecule has 21 heavy (non-hydrogen) atoms. The van der Waals surface area contributed by atoms with E-state index in [9.17, 15) is 4.79 Å². The Kier molecular flexibility index (Phi) is 6.49. The standard InChI is InChI=1S/C17H32N2O2/c1-12(2)17-15(6-8-21-17)11-19-16(20)9-13(3)14-5-4-7-18-10-14/h12-15,17-18H,4-11H2,1-3H3,(H,19,20). The molecule has 122 valence electrons. The SMILES string of the molecule is CC(C)C1OCCC1CNC(=O)CC(C)C1CCCNC1. The second-order valence-electron chi connectivity index (χ2n) is 7.22. The number of ether oxygens (including phenoxy) is 1. The van der Waals surface area contributed by atoms with E-state index in [2.05, 4.69) is 31.4 Å². The molecule has 2 N–H and O–H groups in total. The van der Waals surface area contributed by atoms with Crippen molar-refractivity contribution in [3.8, 4) is 0 Å². The normalized spacial score (nSPS) is 31.3. The maximum Gasteiger partial charge on any atom is 0.220 e. The summed E-state index contributed by atoms with van der Waals surface area (Å²) in [6.45, 7) is 10.4. The smallest absolute Gasteiger partial charge is 0.220 e. The summed E-state index contributed by atoms with van der Waals surface area (Å²) in [5.41, 5.74) is 0. The number of rotatable bonds is 6. The summed E-state index contributed by atoms with van der Waals surface area (Å²) in [6, 6.07) is 0. The average Bonchev–Trinajstić information content (AvgIpc) is 2.94. The highest BCUT2D eigenvalue weighted by atomic mass is 16.5. The fraction of sp³-hybridized carbons (Fsp3) is 0.941. The van der Waals surface area contributed by atoms with Gasteiger partial charge in [-0.3, -0.25) is 4.79 Å². The summed E-state index contributed by atoms with van der Waals surface area (Å²) in [5.74, 6) is 2.35. The Morgan fingerprint density at radius 1 is 1.33 bits per heavy atom. The van der Waals surface area contributed by atoms with E-state index < -0.39 is 0 Å². The molecule has 2 aliphatic rings. The molecule has 2 aliphatic heterocycles. The Labute approximate surface area is 129 Å². The van der Waals surface area contributed by atoms with Gasteiger partial charge in [-0.1, -0.05) is 20.8 Å². The van der Waals surface area contributed by atoms with Gasteiger partial charge >= 0.3 is 0 Å². The van der Waals surface area contributed by atoms with Gasteiger partial charge in [-0.05, 0) is 50.1 Å². The third-order valence-electron chi connectivity index (χ3n) is 5.13. The van der Waals surface area contributed by atoms with E-state index in [4.69, 9.17) is 4.74 Å². The van der Waals surface area contributed by atoms with E-state index in [1.165, 1.54) is 12.8 Å². The van der Waals surface area contributed by atoms with Crippen LogP contribution in [0.3, 0.4) is 0 Å². The molecule has 0 saturated carbocycles. The molecule has 1 amide bonds. The van der Waals surface area contributed by atoms with Crippen molar-refractivity contribution in [1.82, 2.24) is 10.6 Å². The molecule has 4 unspecified atom stereocenters. The lowest BCUT2D eigenvalue weighted by Gasteiger charge is -2.28. The van der Waals surface area contributed by atoms with Crippen LogP contribution in [0, 0.1) is 23.7 Å². The lowest BCUT2D eigenvalue weighted by atomic mass is 9.85. The van der Waals surface area contributed by atoms with Gasteiger partial charge in [0.25, 0.3) is 0 Å². The number of hydrogen-bond donors (Lipinski definition) is 2. The van der Waals surface area contributed by atoms with Crippen molar-refractivity contribution in [2.45, 2.75) is 52.6 Å². The van der Waals surface area contributed by atoms with Crippen molar-refractivity contribution in [2.75, 3.05) is 26.2 Å². The summed E-state index contributed by atoms with van der Waals surface area (Å²) in [4.78, 5) is 12.2. The molecule has 0 spiro atoms. The van der Waals surface area contributed by atoms with Crippen molar-refractivity contribution < 1.29 is 9.53 Å². The van der Waals surface area contributed by atoms with Crippen LogP contribution in [0.2, 0.25) is 0 Å². The summed E-state index contributed by atoms with van der Waals surface area (Å²) in [5, 5.41) is 6.58. The molecule has 0 bridgehead atoms. The van der Waals surface area contributed by atoms with E-state index in [0.29, 0.717) is 36.2 Å². The molecular weight excluding hydrogens is 264 g/mol. The molecule has 0 aromatic rings. The van der Waals surface area contributed by atoms with Gasteiger partial charge in [0.2, 0.25) is 5.91 Å². The Morgan fingerprint density at radius 3 is 2.81 bits per heavy atom. The monoisotopic (exact) mass is 296 g/mol. The first kappa shape index (κ1) is 16.8. The number of carbonyl (C=O) groups excluding carboxylic acids is 1. The van der Waals surface area contributed by atoms with Crippen LogP contribution in [-0.4, -0.2) is 38.3 Å². The molecule has 2 saturated heterocycles. The summed E-state index contributed by atoms with van der Waals surface area (Å²) in [6.07, 6.45) is 4.54. The lowest BCUT2D eigenvalue weighted by Crippen LogP contribution is -2.38. The fourth-order valence-corrected chi connectivity index (χ4v) is 3.75. The zero-order chi connectivity index (χ0) is 15.2. The van der Waals surface area contributed by atoms with Crippen LogP contribution >= 0.6 is 0 Å².